The van der Waals surface area contributed by atoms with E-state index in [0.29, 0.717) is 5.57 Å². The van der Waals surface area contributed by atoms with Crippen molar-refractivity contribution in [3.05, 3.63) is 12.2 Å². The van der Waals surface area contributed by atoms with E-state index in [0.717, 1.165) is 25.7 Å². The molecule has 0 fully saturated rings. The molecule has 0 aromatic carbocycles. The van der Waals surface area contributed by atoms with Crippen LogP contribution in [0.1, 0.15) is 65.7 Å². The van der Waals surface area contributed by atoms with Gasteiger partial charge in [-0.2, -0.15) is 0 Å². The second kappa shape index (κ2) is 7.48. The Balaban J connectivity index is 4.44. The zero-order chi connectivity index (χ0) is 12.6. The van der Waals surface area contributed by atoms with Crippen LogP contribution in [0.2, 0.25) is 0 Å². The van der Waals surface area contributed by atoms with Crippen molar-refractivity contribution in [2.75, 3.05) is 0 Å². The van der Waals surface area contributed by atoms with E-state index < -0.39 is 5.97 Å². The third-order valence-electron chi connectivity index (χ3n) is 3.76. The minimum Gasteiger partial charge on any atom is -0.478 e. The fourth-order valence-corrected chi connectivity index (χ4v) is 2.30. The Bertz CT molecular complexity index is 227. The molecule has 94 valence electrons. The second-order valence-corrected chi connectivity index (χ2v) is 4.58. The van der Waals surface area contributed by atoms with Crippen LogP contribution in [0.25, 0.3) is 0 Å². The molecule has 0 atom stereocenters. The van der Waals surface area contributed by atoms with Crippen molar-refractivity contribution in [1.82, 2.24) is 0 Å². The van der Waals surface area contributed by atoms with E-state index in [9.17, 15) is 4.79 Å². The molecule has 16 heavy (non-hydrogen) atoms. The first-order chi connectivity index (χ1) is 7.54. The maximum absolute atomic E-state index is 11.1. The van der Waals surface area contributed by atoms with Crippen LogP contribution in [0.5, 0.6) is 0 Å². The lowest BCUT2D eigenvalue weighted by atomic mass is 9.72. The van der Waals surface area contributed by atoms with Gasteiger partial charge in [-0.3, -0.25) is 0 Å². The normalized spacial score (nSPS) is 11.4. The van der Waals surface area contributed by atoms with Crippen LogP contribution >= 0.6 is 0 Å². The van der Waals surface area contributed by atoms with E-state index >= 15 is 0 Å². The predicted octanol–water partition coefficient (Wildman–Crippen LogP) is 4.40. The smallest absolute Gasteiger partial charge is 0.331 e. The Morgan fingerprint density at radius 2 is 1.69 bits per heavy atom. The second-order valence-electron chi connectivity index (χ2n) is 4.58. The summed E-state index contributed by atoms with van der Waals surface area (Å²) in [5, 5.41) is 9.08. The van der Waals surface area contributed by atoms with Gasteiger partial charge in [-0.15, -0.1) is 0 Å². The molecule has 0 unspecified atom stereocenters. The summed E-state index contributed by atoms with van der Waals surface area (Å²) in [5.74, 6) is -0.834. The highest BCUT2D eigenvalue weighted by atomic mass is 16.4. The lowest BCUT2D eigenvalue weighted by Crippen LogP contribution is -2.26. The summed E-state index contributed by atoms with van der Waals surface area (Å²) >= 11 is 0. The third-order valence-corrected chi connectivity index (χ3v) is 3.76. The average molecular weight is 226 g/mol. The lowest BCUT2D eigenvalue weighted by molar-refractivity contribution is -0.134. The monoisotopic (exact) mass is 226 g/mol. The molecular weight excluding hydrogens is 200 g/mol. The van der Waals surface area contributed by atoms with Crippen LogP contribution in [0.4, 0.5) is 0 Å². The SMILES string of the molecule is C=C(C(=O)O)C(CC)(CC)CCCCCC. The molecule has 0 amide bonds. The quantitative estimate of drug-likeness (QED) is 0.467. The molecule has 2 heteroatoms. The molecule has 0 aliphatic carbocycles. The standard InChI is InChI=1S/C14H26O2/c1-5-8-9-10-11-14(6-2,7-3)12(4)13(15)16/h4-11H2,1-3H3,(H,15,16). The Morgan fingerprint density at radius 1 is 1.12 bits per heavy atom. The summed E-state index contributed by atoms with van der Waals surface area (Å²) in [7, 11) is 0. The summed E-state index contributed by atoms with van der Waals surface area (Å²) in [4.78, 5) is 11.1. The molecule has 2 nitrogen and oxygen atoms in total. The molecule has 0 aliphatic heterocycles. The van der Waals surface area contributed by atoms with E-state index in [-0.39, 0.29) is 5.41 Å². The maximum atomic E-state index is 11.1. The Morgan fingerprint density at radius 3 is 2.06 bits per heavy atom. The topological polar surface area (TPSA) is 37.3 Å². The number of unbranched alkanes of at least 4 members (excludes halogenated alkanes) is 3. The largest absolute Gasteiger partial charge is 0.478 e. The van der Waals surface area contributed by atoms with Gasteiger partial charge < -0.3 is 5.11 Å². The summed E-state index contributed by atoms with van der Waals surface area (Å²) in [5.41, 5.74) is 0.216. The zero-order valence-corrected chi connectivity index (χ0v) is 11.0. The molecule has 0 bridgehead atoms. The van der Waals surface area contributed by atoms with Crippen molar-refractivity contribution in [2.45, 2.75) is 65.7 Å². The summed E-state index contributed by atoms with van der Waals surface area (Å²) in [6.45, 7) is 10.1. The first-order valence-electron chi connectivity index (χ1n) is 6.46. The molecule has 0 saturated heterocycles. The Labute approximate surface area is 99.7 Å². The van der Waals surface area contributed by atoms with Crippen molar-refractivity contribution < 1.29 is 9.90 Å². The Kier molecular flexibility index (Phi) is 7.11. The molecule has 0 rings (SSSR count). The highest BCUT2D eigenvalue weighted by molar-refractivity contribution is 5.87. The van der Waals surface area contributed by atoms with E-state index in [4.69, 9.17) is 5.11 Å². The van der Waals surface area contributed by atoms with Crippen molar-refractivity contribution in [2.24, 2.45) is 5.41 Å². The first-order valence-corrected chi connectivity index (χ1v) is 6.46. The van der Waals surface area contributed by atoms with Crippen LogP contribution in [0.3, 0.4) is 0 Å². The first kappa shape index (κ1) is 15.2. The number of carboxylic acids is 1. The molecular formula is C14H26O2. The molecule has 0 aromatic heterocycles. The van der Waals surface area contributed by atoms with Gasteiger partial charge in [-0.25, -0.2) is 4.79 Å². The summed E-state index contributed by atoms with van der Waals surface area (Å²) in [6, 6.07) is 0. The van der Waals surface area contributed by atoms with Crippen molar-refractivity contribution in [3.8, 4) is 0 Å². The highest BCUT2D eigenvalue weighted by Gasteiger charge is 2.32. The molecule has 1 N–H and O–H groups in total. The van der Waals surface area contributed by atoms with Crippen LogP contribution in [-0.2, 0) is 4.79 Å². The van der Waals surface area contributed by atoms with Gasteiger partial charge >= 0.3 is 5.97 Å². The van der Waals surface area contributed by atoms with Crippen LogP contribution < -0.4 is 0 Å². The van der Waals surface area contributed by atoms with E-state index in [1.807, 2.05) is 0 Å². The van der Waals surface area contributed by atoms with Gasteiger partial charge in [0.05, 0.1) is 0 Å². The predicted molar refractivity (Wildman–Crippen MR) is 68.5 cm³/mol. The average Bonchev–Trinajstić information content (AvgIpc) is 2.29. The van der Waals surface area contributed by atoms with Gasteiger partial charge in [-0.05, 0) is 19.3 Å². The zero-order valence-electron chi connectivity index (χ0n) is 11.0. The van der Waals surface area contributed by atoms with Gasteiger partial charge in [0.1, 0.15) is 0 Å². The van der Waals surface area contributed by atoms with Crippen molar-refractivity contribution in [1.29, 1.82) is 0 Å². The molecule has 0 heterocycles. The molecule has 0 saturated carbocycles. The van der Waals surface area contributed by atoms with E-state index in [1.165, 1.54) is 19.3 Å². The minimum atomic E-state index is -0.834. The van der Waals surface area contributed by atoms with Crippen LogP contribution in [0.15, 0.2) is 12.2 Å². The number of carboxylic acid groups (broad SMARTS) is 1. The Hall–Kier alpha value is -0.790. The maximum Gasteiger partial charge on any atom is 0.331 e. The molecule has 0 spiro atoms. The number of aliphatic carboxylic acids is 1. The van der Waals surface area contributed by atoms with Crippen molar-refractivity contribution >= 4 is 5.97 Å². The summed E-state index contributed by atoms with van der Waals surface area (Å²) in [6.07, 6.45) is 7.48. The van der Waals surface area contributed by atoms with Gasteiger partial charge in [0, 0.05) is 11.0 Å². The van der Waals surface area contributed by atoms with E-state index in [1.54, 1.807) is 0 Å². The number of carbonyl (C=O) groups is 1. The van der Waals surface area contributed by atoms with E-state index in [2.05, 4.69) is 27.4 Å². The number of hydrogen-bond acceptors (Lipinski definition) is 1. The molecule has 0 aliphatic rings. The lowest BCUT2D eigenvalue weighted by Gasteiger charge is -2.32. The fourth-order valence-electron chi connectivity index (χ4n) is 2.30. The van der Waals surface area contributed by atoms with Crippen molar-refractivity contribution in [3.63, 3.8) is 0 Å². The molecule has 0 aromatic rings. The van der Waals surface area contributed by atoms with Crippen LogP contribution in [0, 0.1) is 5.41 Å². The third kappa shape index (κ3) is 3.99. The number of hydrogen-bond donors (Lipinski definition) is 1. The number of rotatable bonds is 9. The summed E-state index contributed by atoms with van der Waals surface area (Å²) < 4.78 is 0. The van der Waals surface area contributed by atoms with Gasteiger partial charge in [0.15, 0.2) is 0 Å². The molecule has 0 radical (unpaired) electrons. The highest BCUT2D eigenvalue weighted by Crippen LogP contribution is 2.39. The van der Waals surface area contributed by atoms with Gasteiger partial charge in [0.25, 0.3) is 0 Å². The van der Waals surface area contributed by atoms with Gasteiger partial charge in [0.2, 0.25) is 0 Å². The fraction of sp³-hybridized carbons (Fsp3) is 0.786. The van der Waals surface area contributed by atoms with Gasteiger partial charge in [-0.1, -0.05) is 53.0 Å². The minimum absolute atomic E-state index is 0.181. The van der Waals surface area contributed by atoms with Crippen LogP contribution in [-0.4, -0.2) is 11.1 Å².